The molecule has 0 bridgehead atoms. The van der Waals surface area contributed by atoms with Crippen LogP contribution in [-0.2, 0) is 0 Å². The summed E-state index contributed by atoms with van der Waals surface area (Å²) in [7, 11) is 0. The van der Waals surface area contributed by atoms with Crippen LogP contribution in [0, 0.1) is 6.92 Å². The molecule has 34 heavy (non-hydrogen) atoms. The normalized spacial score (nSPS) is 10.6. The van der Waals surface area contributed by atoms with Crippen molar-refractivity contribution in [1.82, 2.24) is 0 Å². The van der Waals surface area contributed by atoms with E-state index < -0.39 is 0 Å². The van der Waals surface area contributed by atoms with Gasteiger partial charge in [-0.3, -0.25) is 0 Å². The van der Waals surface area contributed by atoms with Gasteiger partial charge in [-0.25, -0.2) is 0 Å². The van der Waals surface area contributed by atoms with Gasteiger partial charge in [0.1, 0.15) is 5.75 Å². The van der Waals surface area contributed by atoms with E-state index in [2.05, 4.69) is 94.7 Å². The third kappa shape index (κ3) is 4.37. The summed E-state index contributed by atoms with van der Waals surface area (Å²) in [4.78, 5) is 4.47. The number of phenolic OH excluding ortho intramolecular Hbond substituents is 1. The van der Waals surface area contributed by atoms with Crippen LogP contribution in [0.25, 0.3) is 0 Å². The molecule has 3 nitrogen and oxygen atoms in total. The number of phenols is 1. The van der Waals surface area contributed by atoms with Crippen molar-refractivity contribution in [1.29, 1.82) is 0 Å². The quantitative estimate of drug-likeness (QED) is 0.285. The molecule has 5 rings (SSSR count). The van der Waals surface area contributed by atoms with E-state index in [9.17, 15) is 5.11 Å². The summed E-state index contributed by atoms with van der Waals surface area (Å²) in [5.41, 5.74) is 7.43. The first-order chi connectivity index (χ1) is 16.7. The molecule has 0 aliphatic heterocycles. The molecule has 0 unspecified atom stereocenters. The Bertz CT molecular complexity index is 1310. The zero-order chi connectivity index (χ0) is 23.3. The third-order valence-electron chi connectivity index (χ3n) is 5.83. The van der Waals surface area contributed by atoms with E-state index >= 15 is 0 Å². The standard InChI is InChI=1S/C31H26N2O/c1-24-23-30(34)21-22-31(24)33(27-15-9-4-10-16-27)29-19-17-28(18-20-29)32(25-11-5-2-6-12-25)26-13-7-3-8-14-26/h2-23,34H,1H3. The van der Waals surface area contributed by atoms with Crippen molar-refractivity contribution >= 4 is 34.1 Å². The van der Waals surface area contributed by atoms with E-state index in [1.807, 2.05) is 43.3 Å². The third-order valence-corrected chi connectivity index (χ3v) is 5.83. The Morgan fingerprint density at radius 1 is 0.441 bits per heavy atom. The number of rotatable bonds is 6. The van der Waals surface area contributed by atoms with Crippen molar-refractivity contribution in [2.24, 2.45) is 0 Å². The van der Waals surface area contributed by atoms with Gasteiger partial charge in [0.2, 0.25) is 0 Å². The number of para-hydroxylation sites is 3. The van der Waals surface area contributed by atoms with Gasteiger partial charge in [0.15, 0.2) is 0 Å². The van der Waals surface area contributed by atoms with E-state index in [1.54, 1.807) is 12.1 Å². The highest BCUT2D eigenvalue weighted by atomic mass is 16.3. The average Bonchev–Trinajstić information content (AvgIpc) is 2.88. The molecule has 0 spiro atoms. The molecule has 5 aromatic carbocycles. The second kappa shape index (κ2) is 9.55. The van der Waals surface area contributed by atoms with Crippen molar-refractivity contribution in [3.05, 3.63) is 139 Å². The van der Waals surface area contributed by atoms with Crippen molar-refractivity contribution in [3.8, 4) is 5.75 Å². The van der Waals surface area contributed by atoms with Gasteiger partial charge in [-0.15, -0.1) is 0 Å². The van der Waals surface area contributed by atoms with Gasteiger partial charge < -0.3 is 14.9 Å². The number of hydrogen-bond acceptors (Lipinski definition) is 3. The van der Waals surface area contributed by atoms with Gasteiger partial charge in [0, 0.05) is 34.1 Å². The Morgan fingerprint density at radius 3 is 1.26 bits per heavy atom. The minimum Gasteiger partial charge on any atom is -0.508 e. The highest BCUT2D eigenvalue weighted by molar-refractivity contribution is 5.82. The zero-order valence-corrected chi connectivity index (χ0v) is 19.0. The Morgan fingerprint density at radius 2 is 0.824 bits per heavy atom. The lowest BCUT2D eigenvalue weighted by Gasteiger charge is -2.29. The molecule has 1 N–H and O–H groups in total. The lowest BCUT2D eigenvalue weighted by Crippen LogP contribution is -2.12. The Hall–Kier alpha value is -4.50. The van der Waals surface area contributed by atoms with Gasteiger partial charge in [-0.05, 0) is 91.3 Å². The van der Waals surface area contributed by atoms with Crippen LogP contribution in [0.1, 0.15) is 5.56 Å². The van der Waals surface area contributed by atoms with Crippen LogP contribution >= 0.6 is 0 Å². The van der Waals surface area contributed by atoms with E-state index in [4.69, 9.17) is 0 Å². The smallest absolute Gasteiger partial charge is 0.115 e. The maximum absolute atomic E-state index is 9.95. The van der Waals surface area contributed by atoms with Gasteiger partial charge in [-0.1, -0.05) is 54.6 Å². The molecule has 0 aliphatic rings. The first kappa shape index (κ1) is 21.4. The largest absolute Gasteiger partial charge is 0.508 e. The summed E-state index contributed by atoms with van der Waals surface area (Å²) in [6.07, 6.45) is 0. The molecule has 0 atom stereocenters. The lowest BCUT2D eigenvalue weighted by molar-refractivity contribution is 0.475. The predicted octanol–water partition coefficient (Wildman–Crippen LogP) is 8.64. The summed E-state index contributed by atoms with van der Waals surface area (Å²) in [6, 6.07) is 45.2. The Kier molecular flexibility index (Phi) is 6.00. The van der Waals surface area contributed by atoms with Crippen LogP contribution in [0.2, 0.25) is 0 Å². The molecule has 0 fully saturated rings. The van der Waals surface area contributed by atoms with Crippen LogP contribution in [0.5, 0.6) is 5.75 Å². The van der Waals surface area contributed by atoms with Crippen molar-refractivity contribution in [3.63, 3.8) is 0 Å². The van der Waals surface area contributed by atoms with Crippen LogP contribution in [0.15, 0.2) is 133 Å². The molecule has 0 radical (unpaired) electrons. The fourth-order valence-electron chi connectivity index (χ4n) is 4.25. The molecule has 0 amide bonds. The van der Waals surface area contributed by atoms with E-state index in [1.165, 1.54) is 0 Å². The zero-order valence-electron chi connectivity index (χ0n) is 19.0. The molecule has 0 saturated heterocycles. The number of anilines is 6. The average molecular weight is 443 g/mol. The van der Waals surface area contributed by atoms with Gasteiger partial charge in [0.05, 0.1) is 0 Å². The first-order valence-corrected chi connectivity index (χ1v) is 11.4. The minimum absolute atomic E-state index is 0.269. The fraction of sp³-hybridized carbons (Fsp3) is 0.0323. The lowest BCUT2D eigenvalue weighted by atomic mass is 10.1. The van der Waals surface area contributed by atoms with E-state index in [-0.39, 0.29) is 5.75 Å². The Labute approximate surface area is 200 Å². The maximum Gasteiger partial charge on any atom is 0.115 e. The van der Waals surface area contributed by atoms with Crippen LogP contribution < -0.4 is 9.80 Å². The number of aromatic hydroxyl groups is 1. The topological polar surface area (TPSA) is 26.7 Å². The molecule has 0 aliphatic carbocycles. The number of aryl methyl sites for hydroxylation is 1. The van der Waals surface area contributed by atoms with Crippen molar-refractivity contribution in [2.45, 2.75) is 6.92 Å². The van der Waals surface area contributed by atoms with Gasteiger partial charge in [-0.2, -0.15) is 0 Å². The number of hydrogen-bond donors (Lipinski definition) is 1. The molecule has 166 valence electrons. The molecule has 5 aromatic rings. The second-order valence-electron chi connectivity index (χ2n) is 8.16. The molecule has 0 aromatic heterocycles. The summed E-state index contributed by atoms with van der Waals surface area (Å²) in [5, 5.41) is 9.95. The van der Waals surface area contributed by atoms with Crippen molar-refractivity contribution < 1.29 is 5.11 Å². The van der Waals surface area contributed by atoms with Gasteiger partial charge >= 0.3 is 0 Å². The van der Waals surface area contributed by atoms with Crippen LogP contribution in [-0.4, -0.2) is 5.11 Å². The molecule has 0 heterocycles. The van der Waals surface area contributed by atoms with Gasteiger partial charge in [0.25, 0.3) is 0 Å². The predicted molar refractivity (Wildman–Crippen MR) is 142 cm³/mol. The van der Waals surface area contributed by atoms with E-state index in [0.717, 1.165) is 39.7 Å². The summed E-state index contributed by atoms with van der Waals surface area (Å²) in [6.45, 7) is 2.02. The fourth-order valence-corrected chi connectivity index (χ4v) is 4.25. The Balaban J connectivity index is 1.59. The summed E-state index contributed by atoms with van der Waals surface area (Å²) >= 11 is 0. The monoisotopic (exact) mass is 442 g/mol. The SMILES string of the molecule is Cc1cc(O)ccc1N(c1ccccc1)c1ccc(N(c2ccccc2)c2ccccc2)cc1. The molecule has 3 heteroatoms. The number of nitrogens with zero attached hydrogens (tertiary/aromatic N) is 2. The molecule has 0 saturated carbocycles. The molecular weight excluding hydrogens is 416 g/mol. The second-order valence-corrected chi connectivity index (χ2v) is 8.16. The van der Waals surface area contributed by atoms with Crippen LogP contribution in [0.3, 0.4) is 0 Å². The van der Waals surface area contributed by atoms with Crippen molar-refractivity contribution in [2.75, 3.05) is 9.80 Å². The highest BCUT2D eigenvalue weighted by Crippen LogP contribution is 2.40. The van der Waals surface area contributed by atoms with E-state index in [0.29, 0.717) is 0 Å². The first-order valence-electron chi connectivity index (χ1n) is 11.4. The molecular formula is C31H26N2O. The number of benzene rings is 5. The summed E-state index contributed by atoms with van der Waals surface area (Å²) < 4.78 is 0. The van der Waals surface area contributed by atoms with Crippen LogP contribution in [0.4, 0.5) is 34.1 Å². The highest BCUT2D eigenvalue weighted by Gasteiger charge is 2.17. The maximum atomic E-state index is 9.95. The summed E-state index contributed by atoms with van der Waals surface area (Å²) in [5.74, 6) is 0.269. The minimum atomic E-state index is 0.269.